The number of aliphatic hydroxyl groups is 1. The number of amides is 1. The Kier molecular flexibility index (Phi) is 6.99. The summed E-state index contributed by atoms with van der Waals surface area (Å²) >= 11 is 0. The van der Waals surface area contributed by atoms with Gasteiger partial charge in [-0.3, -0.25) is 4.79 Å². The molecule has 1 aliphatic heterocycles. The van der Waals surface area contributed by atoms with E-state index in [1.165, 1.54) is 0 Å². The average molecular weight is 299 g/mol. The van der Waals surface area contributed by atoms with Crippen molar-refractivity contribution in [2.24, 2.45) is 0 Å². The van der Waals surface area contributed by atoms with Crippen molar-refractivity contribution in [3.8, 4) is 0 Å². The van der Waals surface area contributed by atoms with Crippen molar-refractivity contribution in [1.29, 1.82) is 0 Å². The quantitative estimate of drug-likeness (QED) is 0.775. The summed E-state index contributed by atoms with van der Waals surface area (Å²) in [6, 6.07) is 8.01. The lowest BCUT2D eigenvalue weighted by atomic mass is 10.1. The Morgan fingerprint density at radius 1 is 1.45 bits per heavy atom. The molecule has 2 rings (SSSR count). The number of nitrogens with one attached hydrogen (secondary N) is 2. The Morgan fingerprint density at radius 3 is 2.75 bits per heavy atom. The van der Waals surface area contributed by atoms with Gasteiger partial charge in [-0.25, -0.2) is 0 Å². The van der Waals surface area contributed by atoms with Crippen LogP contribution >= 0.6 is 12.4 Å². The maximum Gasteiger partial charge on any atom is 0.221 e. The van der Waals surface area contributed by atoms with Crippen LogP contribution in [0.2, 0.25) is 0 Å². The van der Waals surface area contributed by atoms with Gasteiger partial charge in [-0.2, -0.15) is 0 Å². The highest BCUT2D eigenvalue weighted by molar-refractivity contribution is 5.85. The third kappa shape index (κ3) is 5.12. The first-order valence-electron chi connectivity index (χ1n) is 6.90. The third-order valence-corrected chi connectivity index (χ3v) is 3.55. The van der Waals surface area contributed by atoms with E-state index in [1.54, 1.807) is 0 Å². The molecule has 2 atom stereocenters. The van der Waals surface area contributed by atoms with Crippen molar-refractivity contribution >= 4 is 18.3 Å². The molecule has 1 heterocycles. The molecule has 0 aliphatic carbocycles. The molecule has 0 aromatic heterocycles. The number of aliphatic hydroxyl groups excluding tert-OH is 1. The van der Waals surface area contributed by atoms with Gasteiger partial charge in [-0.15, -0.1) is 12.4 Å². The second kappa shape index (κ2) is 8.25. The standard InChI is InChI=1S/C15H22N2O2.ClH/c1-11-4-6-12(7-5-11)14(18)10-17-15(19)9-13-3-2-8-16-13;/h4-7,13-14,16,18H,2-3,8-10H2,1H3,(H,17,19);1H. The summed E-state index contributed by atoms with van der Waals surface area (Å²) in [4.78, 5) is 11.7. The second-order valence-corrected chi connectivity index (χ2v) is 5.23. The lowest BCUT2D eigenvalue weighted by molar-refractivity contribution is -0.122. The van der Waals surface area contributed by atoms with Gasteiger partial charge in [-0.05, 0) is 31.9 Å². The van der Waals surface area contributed by atoms with E-state index >= 15 is 0 Å². The number of hydrogen-bond acceptors (Lipinski definition) is 3. The van der Waals surface area contributed by atoms with Crippen molar-refractivity contribution < 1.29 is 9.90 Å². The Labute approximate surface area is 126 Å². The number of carbonyl (C=O) groups is 1. The lowest BCUT2D eigenvalue weighted by Crippen LogP contribution is -2.34. The summed E-state index contributed by atoms with van der Waals surface area (Å²) in [7, 11) is 0. The first-order valence-corrected chi connectivity index (χ1v) is 6.90. The number of aryl methyl sites for hydroxylation is 1. The molecular weight excluding hydrogens is 276 g/mol. The Morgan fingerprint density at radius 2 is 2.15 bits per heavy atom. The summed E-state index contributed by atoms with van der Waals surface area (Å²) in [5.41, 5.74) is 2.00. The molecule has 112 valence electrons. The first-order chi connectivity index (χ1) is 9.15. The fourth-order valence-electron chi connectivity index (χ4n) is 2.34. The third-order valence-electron chi connectivity index (χ3n) is 3.55. The minimum absolute atomic E-state index is 0. The van der Waals surface area contributed by atoms with Gasteiger partial charge < -0.3 is 15.7 Å². The van der Waals surface area contributed by atoms with Gasteiger partial charge in [-0.1, -0.05) is 29.8 Å². The molecule has 1 aromatic rings. The van der Waals surface area contributed by atoms with Crippen LogP contribution in [0.1, 0.15) is 36.5 Å². The summed E-state index contributed by atoms with van der Waals surface area (Å²) < 4.78 is 0. The van der Waals surface area contributed by atoms with Crippen molar-refractivity contribution in [1.82, 2.24) is 10.6 Å². The van der Waals surface area contributed by atoms with E-state index in [0.29, 0.717) is 12.5 Å². The van der Waals surface area contributed by atoms with Crippen molar-refractivity contribution in [2.45, 2.75) is 38.3 Å². The molecule has 20 heavy (non-hydrogen) atoms. The molecule has 0 saturated carbocycles. The summed E-state index contributed by atoms with van der Waals surface area (Å²) in [5, 5.41) is 16.1. The van der Waals surface area contributed by atoms with Crippen LogP contribution in [-0.2, 0) is 4.79 Å². The molecule has 1 saturated heterocycles. The van der Waals surface area contributed by atoms with Crippen LogP contribution in [0.15, 0.2) is 24.3 Å². The van der Waals surface area contributed by atoms with Crippen molar-refractivity contribution in [3.63, 3.8) is 0 Å². The number of hydrogen-bond donors (Lipinski definition) is 3. The molecular formula is C15H23ClN2O2. The van der Waals surface area contributed by atoms with Gasteiger partial charge in [0.2, 0.25) is 5.91 Å². The van der Waals surface area contributed by atoms with Crippen LogP contribution in [0.4, 0.5) is 0 Å². The van der Waals surface area contributed by atoms with E-state index in [1.807, 2.05) is 31.2 Å². The number of carbonyl (C=O) groups excluding carboxylic acids is 1. The molecule has 3 N–H and O–H groups in total. The maximum absolute atomic E-state index is 11.7. The van der Waals surface area contributed by atoms with Gasteiger partial charge in [0.05, 0.1) is 6.10 Å². The zero-order chi connectivity index (χ0) is 13.7. The second-order valence-electron chi connectivity index (χ2n) is 5.23. The smallest absolute Gasteiger partial charge is 0.221 e. The molecule has 5 heteroatoms. The maximum atomic E-state index is 11.7. The van der Waals surface area contributed by atoms with E-state index in [9.17, 15) is 9.90 Å². The fraction of sp³-hybridized carbons (Fsp3) is 0.533. The minimum Gasteiger partial charge on any atom is -0.387 e. The zero-order valence-electron chi connectivity index (χ0n) is 11.8. The van der Waals surface area contributed by atoms with E-state index in [0.717, 1.165) is 30.5 Å². The highest BCUT2D eigenvalue weighted by Gasteiger charge is 2.18. The zero-order valence-corrected chi connectivity index (χ0v) is 12.6. The topological polar surface area (TPSA) is 61.4 Å². The van der Waals surface area contributed by atoms with Crippen LogP contribution in [0, 0.1) is 6.92 Å². The molecule has 0 bridgehead atoms. The molecule has 1 fully saturated rings. The fourth-order valence-corrected chi connectivity index (χ4v) is 2.34. The van der Waals surface area contributed by atoms with Gasteiger partial charge >= 0.3 is 0 Å². The molecule has 1 amide bonds. The Hall–Kier alpha value is -1.10. The highest BCUT2D eigenvalue weighted by Crippen LogP contribution is 2.13. The largest absolute Gasteiger partial charge is 0.387 e. The SMILES string of the molecule is Cc1ccc(C(O)CNC(=O)CC2CCCN2)cc1.Cl. The molecule has 0 radical (unpaired) electrons. The van der Waals surface area contributed by atoms with Gasteiger partial charge in [0.25, 0.3) is 0 Å². The van der Waals surface area contributed by atoms with E-state index in [2.05, 4.69) is 10.6 Å². The van der Waals surface area contributed by atoms with Crippen molar-refractivity contribution in [2.75, 3.05) is 13.1 Å². The predicted octanol–water partition coefficient (Wildman–Crippen LogP) is 1.71. The van der Waals surface area contributed by atoms with Gasteiger partial charge in [0.1, 0.15) is 0 Å². The van der Waals surface area contributed by atoms with E-state index in [-0.39, 0.29) is 24.9 Å². The number of rotatable bonds is 5. The molecule has 0 spiro atoms. The van der Waals surface area contributed by atoms with Crippen LogP contribution in [0.25, 0.3) is 0 Å². The molecule has 1 aromatic carbocycles. The lowest BCUT2D eigenvalue weighted by Gasteiger charge is -2.14. The van der Waals surface area contributed by atoms with Gasteiger partial charge in [0, 0.05) is 19.0 Å². The molecule has 1 aliphatic rings. The highest BCUT2D eigenvalue weighted by atomic mass is 35.5. The Bertz CT molecular complexity index is 416. The van der Waals surface area contributed by atoms with Crippen molar-refractivity contribution in [3.05, 3.63) is 35.4 Å². The number of benzene rings is 1. The number of halogens is 1. The molecule has 4 nitrogen and oxygen atoms in total. The first kappa shape index (κ1) is 17.0. The predicted molar refractivity (Wildman–Crippen MR) is 82.0 cm³/mol. The normalized spacial score (nSPS) is 19.2. The summed E-state index contributed by atoms with van der Waals surface area (Å²) in [6.07, 6.45) is 2.07. The van der Waals surface area contributed by atoms with Crippen LogP contribution in [0.5, 0.6) is 0 Å². The Balaban J connectivity index is 0.00000200. The monoisotopic (exact) mass is 298 g/mol. The van der Waals surface area contributed by atoms with Crippen LogP contribution < -0.4 is 10.6 Å². The summed E-state index contributed by atoms with van der Waals surface area (Å²) in [5.74, 6) is 0.00515. The van der Waals surface area contributed by atoms with Crippen LogP contribution in [0.3, 0.4) is 0 Å². The van der Waals surface area contributed by atoms with E-state index in [4.69, 9.17) is 0 Å². The molecule has 2 unspecified atom stereocenters. The summed E-state index contributed by atoms with van der Waals surface area (Å²) in [6.45, 7) is 3.28. The van der Waals surface area contributed by atoms with E-state index < -0.39 is 6.10 Å². The van der Waals surface area contributed by atoms with Crippen LogP contribution in [-0.4, -0.2) is 30.1 Å². The van der Waals surface area contributed by atoms with Gasteiger partial charge in [0.15, 0.2) is 0 Å². The minimum atomic E-state index is -0.638. The average Bonchev–Trinajstić information content (AvgIpc) is 2.89.